The van der Waals surface area contributed by atoms with E-state index >= 15 is 0 Å². The predicted molar refractivity (Wildman–Crippen MR) is 79.1 cm³/mol. The van der Waals surface area contributed by atoms with E-state index < -0.39 is 0 Å². The van der Waals surface area contributed by atoms with Gasteiger partial charge in [0, 0.05) is 10.0 Å². The van der Waals surface area contributed by atoms with E-state index in [2.05, 4.69) is 22.0 Å². The molecule has 0 unspecified atom stereocenters. The van der Waals surface area contributed by atoms with Gasteiger partial charge in [0.15, 0.2) is 5.78 Å². The summed E-state index contributed by atoms with van der Waals surface area (Å²) in [6.07, 6.45) is 7.73. The number of halogens is 1. The average Bonchev–Trinajstić information content (AvgIpc) is 2.63. The molecule has 0 N–H and O–H groups in total. The number of aryl methyl sites for hydroxylation is 2. The molecule has 0 radical (unpaired) electrons. The fourth-order valence-corrected chi connectivity index (χ4v) is 2.71. The summed E-state index contributed by atoms with van der Waals surface area (Å²) in [6, 6.07) is 3.98. The molecule has 0 bridgehead atoms. The van der Waals surface area contributed by atoms with Crippen LogP contribution in [0.5, 0.6) is 0 Å². The van der Waals surface area contributed by atoms with E-state index in [0.717, 1.165) is 46.0 Å². The Hall–Kier alpha value is -0.890. The Labute approximate surface area is 117 Å². The van der Waals surface area contributed by atoms with Gasteiger partial charge in [-0.1, -0.05) is 28.4 Å². The van der Waals surface area contributed by atoms with Gasteiger partial charge in [0.1, 0.15) is 0 Å². The number of ketones is 1. The maximum absolute atomic E-state index is 12.5. The lowest BCUT2D eigenvalue weighted by atomic mass is 9.97. The molecule has 1 aromatic carbocycles. The molecule has 1 aliphatic rings. The maximum atomic E-state index is 12.5. The van der Waals surface area contributed by atoms with Crippen LogP contribution in [0.2, 0.25) is 0 Å². The van der Waals surface area contributed by atoms with Gasteiger partial charge in [0.2, 0.25) is 0 Å². The number of Topliss-reactive ketones (excluding diaryl/α,β-unsaturated/α-hetero) is 1. The molecule has 18 heavy (non-hydrogen) atoms. The van der Waals surface area contributed by atoms with Crippen LogP contribution in [0.1, 0.15) is 53.6 Å². The fourth-order valence-electron chi connectivity index (χ4n) is 2.48. The molecule has 96 valence electrons. The van der Waals surface area contributed by atoms with Crippen LogP contribution in [0.15, 0.2) is 28.3 Å². The van der Waals surface area contributed by atoms with Gasteiger partial charge in [0.25, 0.3) is 0 Å². The normalized spacial score (nSPS) is 16.1. The van der Waals surface area contributed by atoms with E-state index in [9.17, 15) is 4.79 Å². The number of carbonyl (C=O) groups is 1. The third-order valence-corrected chi connectivity index (χ3v) is 4.78. The van der Waals surface area contributed by atoms with Crippen molar-refractivity contribution in [3.8, 4) is 0 Å². The standard InChI is InChI=1S/C16H19BrO/c1-11-9-14(10-12(2)15(11)17)16(18)13-7-5-3-4-6-8-13/h7,9-10H,3-6,8H2,1-2H3. The lowest BCUT2D eigenvalue weighted by molar-refractivity contribution is 0.103. The molecule has 2 heteroatoms. The first-order valence-electron chi connectivity index (χ1n) is 6.60. The van der Waals surface area contributed by atoms with E-state index in [1.165, 1.54) is 12.8 Å². The Balaban J connectivity index is 2.31. The molecular formula is C16H19BrO. The molecule has 0 amide bonds. The smallest absolute Gasteiger partial charge is 0.188 e. The van der Waals surface area contributed by atoms with Gasteiger partial charge in [-0.2, -0.15) is 0 Å². The second kappa shape index (κ2) is 5.83. The van der Waals surface area contributed by atoms with E-state index in [4.69, 9.17) is 0 Å². The number of rotatable bonds is 2. The lowest BCUT2D eigenvalue weighted by Crippen LogP contribution is -2.04. The van der Waals surface area contributed by atoms with E-state index in [-0.39, 0.29) is 5.78 Å². The zero-order chi connectivity index (χ0) is 13.1. The Morgan fingerprint density at radius 2 is 1.78 bits per heavy atom. The number of benzene rings is 1. The second-order valence-corrected chi connectivity index (χ2v) is 5.87. The van der Waals surface area contributed by atoms with Crippen LogP contribution >= 0.6 is 15.9 Å². The number of hydrogen-bond acceptors (Lipinski definition) is 1. The molecule has 2 rings (SSSR count). The maximum Gasteiger partial charge on any atom is 0.188 e. The molecule has 1 aromatic rings. The molecule has 1 aliphatic carbocycles. The second-order valence-electron chi connectivity index (χ2n) is 5.08. The van der Waals surface area contributed by atoms with Gasteiger partial charge in [0.05, 0.1) is 0 Å². The fraction of sp³-hybridized carbons (Fsp3) is 0.438. The monoisotopic (exact) mass is 306 g/mol. The number of allylic oxidation sites excluding steroid dienone is 2. The first-order chi connectivity index (χ1) is 8.59. The Bertz CT molecular complexity index is 477. The molecule has 0 saturated heterocycles. The van der Waals surface area contributed by atoms with Crippen molar-refractivity contribution in [1.82, 2.24) is 0 Å². The van der Waals surface area contributed by atoms with E-state index in [0.29, 0.717) is 0 Å². The zero-order valence-corrected chi connectivity index (χ0v) is 12.6. The van der Waals surface area contributed by atoms with Gasteiger partial charge < -0.3 is 0 Å². The third kappa shape index (κ3) is 2.92. The minimum Gasteiger partial charge on any atom is -0.289 e. The predicted octanol–water partition coefficient (Wildman–Crippen LogP) is 5.14. The number of carbonyl (C=O) groups excluding carboxylic acids is 1. The van der Waals surface area contributed by atoms with Crippen LogP contribution in [-0.2, 0) is 0 Å². The molecule has 0 aliphatic heterocycles. The lowest BCUT2D eigenvalue weighted by Gasteiger charge is -2.09. The largest absolute Gasteiger partial charge is 0.289 e. The summed E-state index contributed by atoms with van der Waals surface area (Å²) in [7, 11) is 0. The van der Waals surface area contributed by atoms with Crippen molar-refractivity contribution in [3.05, 3.63) is 44.9 Å². The summed E-state index contributed by atoms with van der Waals surface area (Å²) in [4.78, 5) is 12.5. The minimum atomic E-state index is 0.218. The van der Waals surface area contributed by atoms with Crippen LogP contribution in [-0.4, -0.2) is 5.78 Å². The van der Waals surface area contributed by atoms with Crippen LogP contribution in [0.25, 0.3) is 0 Å². The Morgan fingerprint density at radius 1 is 1.11 bits per heavy atom. The Kier molecular flexibility index (Phi) is 4.39. The molecule has 1 nitrogen and oxygen atoms in total. The quantitative estimate of drug-likeness (QED) is 0.691. The highest BCUT2D eigenvalue weighted by molar-refractivity contribution is 9.10. The molecule has 0 aromatic heterocycles. The average molecular weight is 307 g/mol. The summed E-state index contributed by atoms with van der Waals surface area (Å²) in [5.74, 6) is 0.218. The van der Waals surface area contributed by atoms with Crippen LogP contribution in [0.3, 0.4) is 0 Å². The zero-order valence-electron chi connectivity index (χ0n) is 11.1. The van der Waals surface area contributed by atoms with Gasteiger partial charge in [-0.25, -0.2) is 0 Å². The summed E-state index contributed by atoms with van der Waals surface area (Å²) >= 11 is 3.54. The van der Waals surface area contributed by atoms with E-state index in [1.54, 1.807) is 0 Å². The summed E-state index contributed by atoms with van der Waals surface area (Å²) < 4.78 is 1.11. The Morgan fingerprint density at radius 3 is 2.44 bits per heavy atom. The van der Waals surface area contributed by atoms with Crippen LogP contribution in [0.4, 0.5) is 0 Å². The highest BCUT2D eigenvalue weighted by atomic mass is 79.9. The van der Waals surface area contributed by atoms with Crippen molar-refractivity contribution in [3.63, 3.8) is 0 Å². The van der Waals surface area contributed by atoms with Gasteiger partial charge >= 0.3 is 0 Å². The minimum absolute atomic E-state index is 0.218. The molecule has 0 saturated carbocycles. The van der Waals surface area contributed by atoms with Crippen molar-refractivity contribution >= 4 is 21.7 Å². The van der Waals surface area contributed by atoms with E-state index in [1.807, 2.05) is 26.0 Å². The number of hydrogen-bond donors (Lipinski definition) is 0. The van der Waals surface area contributed by atoms with Crippen molar-refractivity contribution < 1.29 is 4.79 Å². The molecule has 0 fully saturated rings. The molecular weight excluding hydrogens is 288 g/mol. The molecule has 0 atom stereocenters. The molecule has 0 spiro atoms. The summed E-state index contributed by atoms with van der Waals surface area (Å²) in [5.41, 5.74) is 4.11. The van der Waals surface area contributed by atoms with Crippen molar-refractivity contribution in [2.24, 2.45) is 0 Å². The van der Waals surface area contributed by atoms with Gasteiger partial charge in [-0.3, -0.25) is 4.79 Å². The van der Waals surface area contributed by atoms with Gasteiger partial charge in [-0.15, -0.1) is 0 Å². The van der Waals surface area contributed by atoms with Crippen LogP contribution in [0, 0.1) is 13.8 Å². The van der Waals surface area contributed by atoms with Crippen molar-refractivity contribution in [2.45, 2.75) is 46.0 Å². The van der Waals surface area contributed by atoms with Crippen molar-refractivity contribution in [1.29, 1.82) is 0 Å². The SMILES string of the molecule is Cc1cc(C(=O)C2=CCCCCC2)cc(C)c1Br. The summed E-state index contributed by atoms with van der Waals surface area (Å²) in [6.45, 7) is 4.07. The van der Waals surface area contributed by atoms with Crippen molar-refractivity contribution in [2.75, 3.05) is 0 Å². The highest BCUT2D eigenvalue weighted by Crippen LogP contribution is 2.26. The summed E-state index contributed by atoms with van der Waals surface area (Å²) in [5, 5.41) is 0. The first kappa shape index (κ1) is 13.5. The molecule has 0 heterocycles. The van der Waals surface area contributed by atoms with Gasteiger partial charge in [-0.05, 0) is 68.4 Å². The topological polar surface area (TPSA) is 17.1 Å². The third-order valence-electron chi connectivity index (χ3n) is 3.53. The first-order valence-corrected chi connectivity index (χ1v) is 7.39. The van der Waals surface area contributed by atoms with Crippen LogP contribution < -0.4 is 0 Å². The highest BCUT2D eigenvalue weighted by Gasteiger charge is 2.15.